The molecule has 5 nitrogen and oxygen atoms in total. The highest BCUT2D eigenvalue weighted by molar-refractivity contribution is 5.85. The van der Waals surface area contributed by atoms with E-state index in [1.54, 1.807) is 12.1 Å². The van der Waals surface area contributed by atoms with Crippen LogP contribution in [0.1, 0.15) is 23.0 Å². The summed E-state index contributed by atoms with van der Waals surface area (Å²) in [6, 6.07) is 10.5. The molecule has 2 aromatic rings. The van der Waals surface area contributed by atoms with Crippen molar-refractivity contribution < 1.29 is 19.4 Å². The van der Waals surface area contributed by atoms with Crippen LogP contribution in [0.2, 0.25) is 0 Å². The number of benzene rings is 1. The van der Waals surface area contributed by atoms with Gasteiger partial charge >= 0.3 is 5.97 Å². The third-order valence-electron chi connectivity index (χ3n) is 2.57. The maximum Gasteiger partial charge on any atom is 0.354 e. The second-order valence-electron chi connectivity index (χ2n) is 4.05. The highest BCUT2D eigenvalue weighted by atomic mass is 16.5. The molecule has 1 aromatic heterocycles. The minimum Gasteiger partial charge on any atom is -0.494 e. The van der Waals surface area contributed by atoms with Crippen molar-refractivity contribution in [2.24, 2.45) is 0 Å². The lowest BCUT2D eigenvalue weighted by atomic mass is 10.2. The average molecular weight is 273 g/mol. The fraction of sp³-hybridized carbons (Fsp3) is 0.200. The van der Waals surface area contributed by atoms with Gasteiger partial charge in [0.1, 0.15) is 23.8 Å². The molecule has 0 spiro atoms. The highest BCUT2D eigenvalue weighted by Gasteiger charge is 2.05. The molecule has 0 saturated carbocycles. The zero-order chi connectivity index (χ0) is 14.4. The molecule has 1 heterocycles. The Morgan fingerprint density at radius 1 is 1.20 bits per heavy atom. The van der Waals surface area contributed by atoms with Gasteiger partial charge in [0.25, 0.3) is 0 Å². The van der Waals surface area contributed by atoms with Crippen molar-refractivity contribution in [1.82, 2.24) is 4.98 Å². The fourth-order valence-electron chi connectivity index (χ4n) is 1.67. The summed E-state index contributed by atoms with van der Waals surface area (Å²) in [6.45, 7) is 2.78. The van der Waals surface area contributed by atoms with Gasteiger partial charge in [-0.2, -0.15) is 0 Å². The number of rotatable bonds is 6. The molecule has 0 radical (unpaired) electrons. The number of nitrogens with zero attached hydrogens (tertiary/aromatic N) is 1. The van der Waals surface area contributed by atoms with E-state index in [0.29, 0.717) is 12.4 Å². The van der Waals surface area contributed by atoms with Gasteiger partial charge in [-0.3, -0.25) is 0 Å². The second kappa shape index (κ2) is 6.56. The van der Waals surface area contributed by atoms with Crippen LogP contribution >= 0.6 is 0 Å². The standard InChI is InChI=1S/C15H15NO4/c1-2-19-12-4-3-5-13(9-12)20-10-11-6-7-16-14(8-11)15(17)18/h3-9H,2,10H2,1H3,(H,17,18). The molecule has 1 N–H and O–H groups in total. The van der Waals surface area contributed by atoms with E-state index in [4.69, 9.17) is 14.6 Å². The van der Waals surface area contributed by atoms with Gasteiger partial charge in [0, 0.05) is 12.3 Å². The van der Waals surface area contributed by atoms with Crippen LogP contribution in [0.25, 0.3) is 0 Å². The van der Waals surface area contributed by atoms with Crippen LogP contribution < -0.4 is 9.47 Å². The Hall–Kier alpha value is -2.56. The Morgan fingerprint density at radius 3 is 2.65 bits per heavy atom. The first-order valence-electron chi connectivity index (χ1n) is 6.23. The predicted molar refractivity (Wildman–Crippen MR) is 73.1 cm³/mol. The lowest BCUT2D eigenvalue weighted by Gasteiger charge is -2.08. The van der Waals surface area contributed by atoms with Crippen LogP contribution in [0.4, 0.5) is 0 Å². The third kappa shape index (κ3) is 3.71. The Labute approximate surface area is 116 Å². The van der Waals surface area contributed by atoms with Gasteiger partial charge in [-0.05, 0) is 36.8 Å². The van der Waals surface area contributed by atoms with Crippen LogP contribution in [0.3, 0.4) is 0 Å². The molecule has 0 atom stereocenters. The summed E-state index contributed by atoms with van der Waals surface area (Å²) < 4.78 is 11.0. The maximum absolute atomic E-state index is 10.8. The first kappa shape index (κ1) is 13.9. The topological polar surface area (TPSA) is 68.7 Å². The quantitative estimate of drug-likeness (QED) is 0.876. The van der Waals surface area contributed by atoms with Gasteiger partial charge < -0.3 is 14.6 Å². The molecule has 0 bridgehead atoms. The average Bonchev–Trinajstić information content (AvgIpc) is 2.46. The van der Waals surface area contributed by atoms with E-state index in [1.165, 1.54) is 12.3 Å². The molecule has 0 aliphatic rings. The van der Waals surface area contributed by atoms with Crippen LogP contribution in [0, 0.1) is 0 Å². The monoisotopic (exact) mass is 273 g/mol. The SMILES string of the molecule is CCOc1cccc(OCc2ccnc(C(=O)O)c2)c1. The Balaban J connectivity index is 2.03. The highest BCUT2D eigenvalue weighted by Crippen LogP contribution is 2.20. The van der Waals surface area contributed by atoms with Crippen molar-refractivity contribution in [3.63, 3.8) is 0 Å². The summed E-state index contributed by atoms with van der Waals surface area (Å²) in [6.07, 6.45) is 1.46. The van der Waals surface area contributed by atoms with Crippen molar-refractivity contribution >= 4 is 5.97 Å². The molecule has 5 heteroatoms. The Bertz CT molecular complexity index is 598. The first-order valence-corrected chi connectivity index (χ1v) is 6.23. The predicted octanol–water partition coefficient (Wildman–Crippen LogP) is 2.76. The van der Waals surface area contributed by atoms with Gasteiger partial charge in [0.2, 0.25) is 0 Å². The smallest absolute Gasteiger partial charge is 0.354 e. The summed E-state index contributed by atoms with van der Waals surface area (Å²) in [5.74, 6) is 0.362. The number of pyridine rings is 1. The number of aromatic nitrogens is 1. The second-order valence-corrected chi connectivity index (χ2v) is 4.05. The lowest BCUT2D eigenvalue weighted by Crippen LogP contribution is -2.03. The molecule has 0 aliphatic heterocycles. The normalized spacial score (nSPS) is 10.1. The third-order valence-corrected chi connectivity index (χ3v) is 2.57. The van der Waals surface area contributed by atoms with E-state index in [0.717, 1.165) is 11.3 Å². The molecular weight excluding hydrogens is 258 g/mol. The minimum absolute atomic E-state index is 0.00849. The van der Waals surface area contributed by atoms with Gasteiger partial charge in [-0.15, -0.1) is 0 Å². The first-order chi connectivity index (χ1) is 9.69. The van der Waals surface area contributed by atoms with E-state index in [-0.39, 0.29) is 12.3 Å². The van der Waals surface area contributed by atoms with E-state index in [1.807, 2.05) is 25.1 Å². The molecule has 0 unspecified atom stereocenters. The Morgan fingerprint density at radius 2 is 1.95 bits per heavy atom. The van der Waals surface area contributed by atoms with E-state index in [2.05, 4.69) is 4.98 Å². The van der Waals surface area contributed by atoms with Crippen molar-refractivity contribution in [3.8, 4) is 11.5 Å². The number of hydrogen-bond donors (Lipinski definition) is 1. The molecule has 0 fully saturated rings. The zero-order valence-electron chi connectivity index (χ0n) is 11.1. The number of hydrogen-bond acceptors (Lipinski definition) is 4. The minimum atomic E-state index is -1.05. The number of aromatic carboxylic acids is 1. The molecule has 0 amide bonds. The van der Waals surface area contributed by atoms with Crippen LogP contribution in [0.5, 0.6) is 11.5 Å². The van der Waals surface area contributed by atoms with Gasteiger partial charge in [0.15, 0.2) is 0 Å². The molecule has 0 aliphatic carbocycles. The molecule has 0 saturated heterocycles. The van der Waals surface area contributed by atoms with Crippen LogP contribution in [0.15, 0.2) is 42.6 Å². The van der Waals surface area contributed by atoms with Crippen LogP contribution in [-0.2, 0) is 6.61 Å². The van der Waals surface area contributed by atoms with Crippen molar-refractivity contribution in [2.75, 3.05) is 6.61 Å². The van der Waals surface area contributed by atoms with Gasteiger partial charge in [-0.25, -0.2) is 9.78 Å². The zero-order valence-corrected chi connectivity index (χ0v) is 11.1. The molecule has 1 aromatic carbocycles. The summed E-state index contributed by atoms with van der Waals surface area (Å²) in [4.78, 5) is 14.6. The van der Waals surface area contributed by atoms with E-state index < -0.39 is 5.97 Å². The van der Waals surface area contributed by atoms with Crippen molar-refractivity contribution in [2.45, 2.75) is 13.5 Å². The maximum atomic E-state index is 10.8. The number of ether oxygens (including phenoxy) is 2. The molecule has 104 valence electrons. The summed E-state index contributed by atoms with van der Waals surface area (Å²) in [5.41, 5.74) is 0.758. The van der Waals surface area contributed by atoms with E-state index in [9.17, 15) is 4.79 Å². The van der Waals surface area contributed by atoms with Crippen molar-refractivity contribution in [1.29, 1.82) is 0 Å². The molecular formula is C15H15NO4. The number of carbonyl (C=O) groups is 1. The summed E-state index contributed by atoms with van der Waals surface area (Å²) in [5, 5.41) is 8.87. The lowest BCUT2D eigenvalue weighted by molar-refractivity contribution is 0.0690. The van der Waals surface area contributed by atoms with Crippen LogP contribution in [-0.4, -0.2) is 22.7 Å². The number of carboxylic acid groups (broad SMARTS) is 1. The van der Waals surface area contributed by atoms with Gasteiger partial charge in [-0.1, -0.05) is 6.07 Å². The largest absolute Gasteiger partial charge is 0.494 e. The molecule has 20 heavy (non-hydrogen) atoms. The van der Waals surface area contributed by atoms with Crippen molar-refractivity contribution in [3.05, 3.63) is 53.9 Å². The Kier molecular flexibility index (Phi) is 4.55. The summed E-state index contributed by atoms with van der Waals surface area (Å²) in [7, 11) is 0. The summed E-state index contributed by atoms with van der Waals surface area (Å²) >= 11 is 0. The fourth-order valence-corrected chi connectivity index (χ4v) is 1.67. The molecule has 2 rings (SSSR count). The number of carboxylic acids is 1. The van der Waals surface area contributed by atoms with Gasteiger partial charge in [0.05, 0.1) is 6.61 Å². The van der Waals surface area contributed by atoms with E-state index >= 15 is 0 Å².